The van der Waals surface area contributed by atoms with Crippen LogP contribution in [-0.4, -0.2) is 17.3 Å². The van der Waals surface area contributed by atoms with E-state index in [1.807, 2.05) is 24.3 Å². The average molecular weight is 272 g/mol. The Bertz CT molecular complexity index is 484. The molecule has 1 atom stereocenters. The number of benzene rings is 1. The molecule has 1 aromatic carbocycles. The second kappa shape index (κ2) is 6.39. The summed E-state index contributed by atoms with van der Waals surface area (Å²) >= 11 is 0. The molecule has 3 heteroatoms. The van der Waals surface area contributed by atoms with Crippen molar-refractivity contribution in [3.05, 3.63) is 35.4 Å². The summed E-state index contributed by atoms with van der Waals surface area (Å²) in [5, 5.41) is 22.9. The first-order valence-electron chi connectivity index (χ1n) is 7.48. The third kappa shape index (κ3) is 3.82. The fourth-order valence-corrected chi connectivity index (χ4v) is 2.81. The molecule has 0 aromatic heterocycles. The highest BCUT2D eigenvalue weighted by Gasteiger charge is 2.31. The smallest absolute Gasteiger partial charge is 0.0991 e. The molecule has 1 fully saturated rings. The summed E-state index contributed by atoms with van der Waals surface area (Å²) in [6.07, 6.45) is 3.98. The van der Waals surface area contributed by atoms with Gasteiger partial charge < -0.3 is 10.4 Å². The summed E-state index contributed by atoms with van der Waals surface area (Å²) in [7, 11) is 0. The molecule has 3 nitrogen and oxygen atoms in total. The molecule has 2 rings (SSSR count). The summed E-state index contributed by atoms with van der Waals surface area (Å²) in [4.78, 5) is 0. The standard InChI is InChI=1S/C17H24N2O/c1-13-6-8-17(20,9-7-13)12-19-14(2)16-5-3-4-15(10-16)11-18/h3-5,10,13-14,19-20H,6-9,12H2,1-2H3. The summed E-state index contributed by atoms with van der Waals surface area (Å²) in [5.41, 5.74) is 1.21. The Balaban J connectivity index is 1.91. The van der Waals surface area contributed by atoms with Gasteiger partial charge >= 0.3 is 0 Å². The van der Waals surface area contributed by atoms with Crippen molar-refractivity contribution in [1.29, 1.82) is 5.26 Å². The van der Waals surface area contributed by atoms with Gasteiger partial charge in [0.15, 0.2) is 0 Å². The minimum absolute atomic E-state index is 0.145. The fraction of sp³-hybridized carbons (Fsp3) is 0.588. The highest BCUT2D eigenvalue weighted by atomic mass is 16.3. The van der Waals surface area contributed by atoms with E-state index in [1.165, 1.54) is 0 Å². The van der Waals surface area contributed by atoms with Crippen LogP contribution in [0.4, 0.5) is 0 Å². The third-order valence-electron chi connectivity index (χ3n) is 4.46. The van der Waals surface area contributed by atoms with Gasteiger partial charge in [-0.25, -0.2) is 0 Å². The van der Waals surface area contributed by atoms with Gasteiger partial charge in [0.25, 0.3) is 0 Å². The van der Waals surface area contributed by atoms with Crippen molar-refractivity contribution in [1.82, 2.24) is 5.32 Å². The predicted molar refractivity (Wildman–Crippen MR) is 80.2 cm³/mol. The molecule has 0 heterocycles. The molecule has 0 bridgehead atoms. The van der Waals surface area contributed by atoms with Crippen LogP contribution in [-0.2, 0) is 0 Å². The molecule has 0 spiro atoms. The zero-order valence-corrected chi connectivity index (χ0v) is 12.4. The quantitative estimate of drug-likeness (QED) is 0.885. The number of rotatable bonds is 4. The van der Waals surface area contributed by atoms with Crippen molar-refractivity contribution >= 4 is 0 Å². The first kappa shape index (κ1) is 15.0. The molecule has 1 unspecified atom stereocenters. The molecule has 108 valence electrons. The topological polar surface area (TPSA) is 56.0 Å². The lowest BCUT2D eigenvalue weighted by Gasteiger charge is -2.36. The highest BCUT2D eigenvalue weighted by molar-refractivity contribution is 5.34. The maximum absolute atomic E-state index is 10.6. The van der Waals surface area contributed by atoms with Crippen LogP contribution in [0.2, 0.25) is 0 Å². The lowest BCUT2D eigenvalue weighted by molar-refractivity contribution is -0.00783. The van der Waals surface area contributed by atoms with Gasteiger partial charge in [-0.2, -0.15) is 5.26 Å². The number of hydrogen-bond donors (Lipinski definition) is 2. The Kier molecular flexibility index (Phi) is 4.80. The second-order valence-electron chi connectivity index (χ2n) is 6.25. The Labute approximate surface area is 121 Å². The number of nitriles is 1. The Morgan fingerprint density at radius 3 is 2.80 bits per heavy atom. The second-order valence-corrected chi connectivity index (χ2v) is 6.25. The molecule has 0 saturated heterocycles. The highest BCUT2D eigenvalue weighted by Crippen LogP contribution is 2.31. The SMILES string of the molecule is CC1CCC(O)(CNC(C)c2cccc(C#N)c2)CC1. The summed E-state index contributed by atoms with van der Waals surface area (Å²) in [6.45, 7) is 4.95. The molecule has 1 saturated carbocycles. The fourth-order valence-electron chi connectivity index (χ4n) is 2.81. The summed E-state index contributed by atoms with van der Waals surface area (Å²) in [6, 6.07) is 9.95. The Morgan fingerprint density at radius 1 is 1.45 bits per heavy atom. The van der Waals surface area contributed by atoms with Crippen LogP contribution in [0.25, 0.3) is 0 Å². The molecule has 0 aliphatic heterocycles. The van der Waals surface area contributed by atoms with E-state index in [4.69, 9.17) is 5.26 Å². The average Bonchev–Trinajstić information content (AvgIpc) is 2.48. The van der Waals surface area contributed by atoms with Gasteiger partial charge in [0.2, 0.25) is 0 Å². The van der Waals surface area contributed by atoms with Crippen LogP contribution in [0.1, 0.15) is 56.7 Å². The van der Waals surface area contributed by atoms with E-state index in [0.29, 0.717) is 12.1 Å². The Morgan fingerprint density at radius 2 is 2.15 bits per heavy atom. The van der Waals surface area contributed by atoms with Gasteiger partial charge in [-0.3, -0.25) is 0 Å². The van der Waals surface area contributed by atoms with Crippen molar-refractivity contribution < 1.29 is 5.11 Å². The molecule has 0 amide bonds. The van der Waals surface area contributed by atoms with Gasteiger partial charge in [-0.1, -0.05) is 19.1 Å². The van der Waals surface area contributed by atoms with Gasteiger partial charge in [0.05, 0.1) is 17.2 Å². The molecule has 2 N–H and O–H groups in total. The van der Waals surface area contributed by atoms with Crippen LogP contribution >= 0.6 is 0 Å². The third-order valence-corrected chi connectivity index (χ3v) is 4.46. The predicted octanol–water partition coefficient (Wildman–Crippen LogP) is 3.15. The minimum atomic E-state index is -0.562. The normalized spacial score (nSPS) is 27.8. The molecule has 20 heavy (non-hydrogen) atoms. The zero-order valence-electron chi connectivity index (χ0n) is 12.4. The number of nitrogens with one attached hydrogen (secondary N) is 1. The number of aliphatic hydroxyl groups is 1. The molecular weight excluding hydrogens is 248 g/mol. The number of hydrogen-bond acceptors (Lipinski definition) is 3. The lowest BCUT2D eigenvalue weighted by atomic mass is 9.79. The first-order chi connectivity index (χ1) is 9.52. The van der Waals surface area contributed by atoms with Gasteiger partial charge in [0, 0.05) is 12.6 Å². The van der Waals surface area contributed by atoms with E-state index in [0.717, 1.165) is 37.2 Å². The maximum atomic E-state index is 10.6. The van der Waals surface area contributed by atoms with Crippen LogP contribution in [0.15, 0.2) is 24.3 Å². The summed E-state index contributed by atoms with van der Waals surface area (Å²) in [5.74, 6) is 0.736. The Hall–Kier alpha value is -1.37. The van der Waals surface area contributed by atoms with E-state index in [2.05, 4.69) is 25.2 Å². The number of nitrogens with zero attached hydrogens (tertiary/aromatic N) is 1. The molecule has 0 radical (unpaired) electrons. The van der Waals surface area contributed by atoms with Crippen molar-refractivity contribution in [3.63, 3.8) is 0 Å². The minimum Gasteiger partial charge on any atom is -0.389 e. The largest absolute Gasteiger partial charge is 0.389 e. The van der Waals surface area contributed by atoms with Crippen molar-refractivity contribution in [3.8, 4) is 6.07 Å². The van der Waals surface area contributed by atoms with Gasteiger partial charge in [0.1, 0.15) is 0 Å². The van der Waals surface area contributed by atoms with Crippen LogP contribution in [0.5, 0.6) is 0 Å². The lowest BCUT2D eigenvalue weighted by Crippen LogP contribution is -2.44. The zero-order chi connectivity index (χ0) is 14.6. The monoisotopic (exact) mass is 272 g/mol. The van der Waals surface area contributed by atoms with E-state index in [9.17, 15) is 5.11 Å². The van der Waals surface area contributed by atoms with Gasteiger partial charge in [-0.15, -0.1) is 0 Å². The van der Waals surface area contributed by atoms with Crippen molar-refractivity contribution in [2.45, 2.75) is 51.2 Å². The maximum Gasteiger partial charge on any atom is 0.0991 e. The van der Waals surface area contributed by atoms with E-state index in [1.54, 1.807) is 0 Å². The van der Waals surface area contributed by atoms with E-state index < -0.39 is 5.60 Å². The van der Waals surface area contributed by atoms with Crippen molar-refractivity contribution in [2.24, 2.45) is 5.92 Å². The molecule has 1 aliphatic rings. The summed E-state index contributed by atoms with van der Waals surface area (Å²) < 4.78 is 0. The van der Waals surface area contributed by atoms with E-state index in [-0.39, 0.29) is 6.04 Å². The van der Waals surface area contributed by atoms with Gasteiger partial charge in [-0.05, 0) is 56.2 Å². The van der Waals surface area contributed by atoms with Crippen LogP contribution in [0.3, 0.4) is 0 Å². The van der Waals surface area contributed by atoms with Crippen LogP contribution in [0, 0.1) is 17.2 Å². The molecule has 1 aromatic rings. The molecule has 1 aliphatic carbocycles. The van der Waals surface area contributed by atoms with Crippen LogP contribution < -0.4 is 5.32 Å². The van der Waals surface area contributed by atoms with E-state index >= 15 is 0 Å². The molecular formula is C17H24N2O. The van der Waals surface area contributed by atoms with Crippen molar-refractivity contribution in [2.75, 3.05) is 6.54 Å². The first-order valence-corrected chi connectivity index (χ1v) is 7.48.